The zero-order valence-corrected chi connectivity index (χ0v) is 11.7. The molecule has 0 unspecified atom stereocenters. The summed E-state index contributed by atoms with van der Waals surface area (Å²) in [5, 5.41) is 3.33. The van der Waals surface area contributed by atoms with E-state index in [9.17, 15) is 13.2 Å². The van der Waals surface area contributed by atoms with Gasteiger partial charge in [-0.1, -0.05) is 23.8 Å². The van der Waals surface area contributed by atoms with E-state index in [-0.39, 0.29) is 5.54 Å². The van der Waals surface area contributed by atoms with Gasteiger partial charge in [0.15, 0.2) is 0 Å². The molecule has 0 atom stereocenters. The van der Waals surface area contributed by atoms with E-state index in [2.05, 4.69) is 26.1 Å². The van der Waals surface area contributed by atoms with Crippen LogP contribution in [0.15, 0.2) is 29.8 Å². The van der Waals surface area contributed by atoms with Crippen LogP contribution in [0.5, 0.6) is 0 Å². The van der Waals surface area contributed by atoms with Crippen molar-refractivity contribution < 1.29 is 13.2 Å². The summed E-state index contributed by atoms with van der Waals surface area (Å²) in [5.74, 6) is 0. The van der Waals surface area contributed by atoms with Crippen molar-refractivity contribution in [3.8, 4) is 0 Å². The fourth-order valence-electron chi connectivity index (χ4n) is 1.51. The number of hydrogen-bond donors (Lipinski definition) is 1. The highest BCUT2D eigenvalue weighted by atomic mass is 19.4. The lowest BCUT2D eigenvalue weighted by Crippen LogP contribution is -2.36. The van der Waals surface area contributed by atoms with Gasteiger partial charge in [-0.05, 0) is 45.4 Å². The normalized spacial score (nSPS) is 13.7. The second-order valence-electron chi connectivity index (χ2n) is 5.71. The molecule has 0 fully saturated rings. The minimum absolute atomic E-state index is 0.0231. The average molecular weight is 271 g/mol. The quantitative estimate of drug-likeness (QED) is 0.853. The van der Waals surface area contributed by atoms with Gasteiger partial charge in [0.1, 0.15) is 0 Å². The molecule has 0 radical (unpaired) electrons. The molecule has 0 saturated carbocycles. The molecule has 0 heterocycles. The maximum atomic E-state index is 12.4. The monoisotopic (exact) mass is 271 g/mol. The van der Waals surface area contributed by atoms with Gasteiger partial charge in [-0.25, -0.2) is 0 Å². The van der Waals surface area contributed by atoms with Gasteiger partial charge in [-0.2, -0.15) is 13.2 Å². The predicted octanol–water partition coefficient (Wildman–Crippen LogP) is 4.50. The Labute approximate surface area is 112 Å². The van der Waals surface area contributed by atoms with Gasteiger partial charge in [0.2, 0.25) is 0 Å². The van der Waals surface area contributed by atoms with Crippen molar-refractivity contribution in [1.82, 2.24) is 5.32 Å². The molecule has 0 aliphatic heterocycles. The maximum absolute atomic E-state index is 12.4. The molecule has 0 amide bonds. The number of benzene rings is 1. The highest BCUT2D eigenvalue weighted by Gasteiger charge is 2.29. The van der Waals surface area contributed by atoms with Crippen molar-refractivity contribution in [2.24, 2.45) is 0 Å². The summed E-state index contributed by atoms with van der Waals surface area (Å²) < 4.78 is 37.2. The van der Waals surface area contributed by atoms with Crippen molar-refractivity contribution in [2.75, 3.05) is 6.54 Å². The molecule has 1 N–H and O–H groups in total. The first-order valence-corrected chi connectivity index (χ1v) is 6.17. The molecular formula is C15H20F3N. The lowest BCUT2D eigenvalue weighted by molar-refractivity contribution is -0.137. The van der Waals surface area contributed by atoms with Crippen molar-refractivity contribution in [2.45, 2.75) is 39.4 Å². The Kier molecular flexibility index (Phi) is 4.80. The molecule has 1 rings (SSSR count). The zero-order chi connectivity index (χ0) is 14.7. The molecule has 1 aromatic carbocycles. The summed E-state index contributed by atoms with van der Waals surface area (Å²) in [6.07, 6.45) is -2.38. The van der Waals surface area contributed by atoms with Crippen LogP contribution in [-0.2, 0) is 6.18 Å². The Bertz CT molecular complexity index is 436. The SMILES string of the molecule is CC(=Cc1ccc(C(F)(F)F)cc1)CNC(C)(C)C. The first-order chi connectivity index (χ1) is 8.58. The molecule has 0 aromatic heterocycles. The van der Waals surface area contributed by atoms with Gasteiger partial charge in [-0.15, -0.1) is 0 Å². The minimum Gasteiger partial charge on any atom is -0.308 e. The van der Waals surface area contributed by atoms with Crippen LogP contribution in [0, 0.1) is 0 Å². The van der Waals surface area contributed by atoms with E-state index in [1.807, 2.05) is 13.0 Å². The highest BCUT2D eigenvalue weighted by Crippen LogP contribution is 2.29. The fraction of sp³-hybridized carbons (Fsp3) is 0.467. The Morgan fingerprint density at radius 3 is 2.05 bits per heavy atom. The topological polar surface area (TPSA) is 12.0 Å². The third-order valence-corrected chi connectivity index (χ3v) is 2.55. The number of nitrogens with one attached hydrogen (secondary N) is 1. The molecule has 0 bridgehead atoms. The van der Waals surface area contributed by atoms with E-state index in [0.717, 1.165) is 23.3 Å². The van der Waals surface area contributed by atoms with Crippen LogP contribution in [0.2, 0.25) is 0 Å². The summed E-state index contributed by atoms with van der Waals surface area (Å²) in [5.41, 5.74) is 1.26. The van der Waals surface area contributed by atoms with E-state index in [1.165, 1.54) is 12.1 Å². The molecule has 1 nitrogen and oxygen atoms in total. The maximum Gasteiger partial charge on any atom is 0.416 e. The van der Waals surface area contributed by atoms with Gasteiger partial charge in [0.25, 0.3) is 0 Å². The van der Waals surface area contributed by atoms with Gasteiger partial charge in [-0.3, -0.25) is 0 Å². The summed E-state index contributed by atoms with van der Waals surface area (Å²) in [6.45, 7) is 8.87. The predicted molar refractivity (Wildman–Crippen MR) is 72.9 cm³/mol. The van der Waals surface area contributed by atoms with E-state index >= 15 is 0 Å². The van der Waals surface area contributed by atoms with Crippen LogP contribution in [0.3, 0.4) is 0 Å². The lowest BCUT2D eigenvalue weighted by Gasteiger charge is -2.20. The van der Waals surface area contributed by atoms with Crippen LogP contribution in [0.4, 0.5) is 13.2 Å². The van der Waals surface area contributed by atoms with E-state index in [1.54, 1.807) is 0 Å². The average Bonchev–Trinajstić information content (AvgIpc) is 2.25. The first-order valence-electron chi connectivity index (χ1n) is 6.17. The van der Waals surface area contributed by atoms with E-state index in [4.69, 9.17) is 0 Å². The molecule has 19 heavy (non-hydrogen) atoms. The van der Waals surface area contributed by atoms with Crippen molar-refractivity contribution in [3.05, 3.63) is 41.0 Å². The van der Waals surface area contributed by atoms with Crippen molar-refractivity contribution >= 4 is 6.08 Å². The van der Waals surface area contributed by atoms with Gasteiger partial charge < -0.3 is 5.32 Å². The summed E-state index contributed by atoms with van der Waals surface area (Å²) in [7, 11) is 0. The molecular weight excluding hydrogens is 251 g/mol. The van der Waals surface area contributed by atoms with Crippen LogP contribution >= 0.6 is 0 Å². The largest absolute Gasteiger partial charge is 0.416 e. The van der Waals surface area contributed by atoms with E-state index < -0.39 is 11.7 Å². The number of alkyl halides is 3. The second-order valence-corrected chi connectivity index (χ2v) is 5.71. The molecule has 106 valence electrons. The smallest absolute Gasteiger partial charge is 0.308 e. The van der Waals surface area contributed by atoms with Gasteiger partial charge in [0, 0.05) is 12.1 Å². The third kappa shape index (κ3) is 5.92. The van der Waals surface area contributed by atoms with Crippen LogP contribution in [0.1, 0.15) is 38.8 Å². The summed E-state index contributed by atoms with van der Waals surface area (Å²) in [4.78, 5) is 0. The van der Waals surface area contributed by atoms with Crippen LogP contribution < -0.4 is 5.32 Å². The Balaban J connectivity index is 2.71. The minimum atomic E-state index is -4.27. The highest BCUT2D eigenvalue weighted by molar-refractivity contribution is 5.53. The standard InChI is InChI=1S/C15H20F3N/c1-11(10-19-14(2,3)4)9-12-5-7-13(8-6-12)15(16,17)18/h5-9,19H,10H2,1-4H3. The van der Waals surface area contributed by atoms with Crippen LogP contribution in [-0.4, -0.2) is 12.1 Å². The summed E-state index contributed by atoms with van der Waals surface area (Å²) >= 11 is 0. The molecule has 4 heteroatoms. The zero-order valence-electron chi connectivity index (χ0n) is 11.7. The number of halogens is 3. The first kappa shape index (κ1) is 15.8. The number of hydrogen-bond acceptors (Lipinski definition) is 1. The Morgan fingerprint density at radius 2 is 1.63 bits per heavy atom. The third-order valence-electron chi connectivity index (χ3n) is 2.55. The van der Waals surface area contributed by atoms with Crippen LogP contribution in [0.25, 0.3) is 6.08 Å². The second kappa shape index (κ2) is 5.78. The van der Waals surface area contributed by atoms with Gasteiger partial charge in [0.05, 0.1) is 5.56 Å². The molecule has 0 aliphatic rings. The van der Waals surface area contributed by atoms with Crippen molar-refractivity contribution in [3.63, 3.8) is 0 Å². The number of rotatable bonds is 3. The summed E-state index contributed by atoms with van der Waals surface area (Å²) in [6, 6.07) is 5.19. The Morgan fingerprint density at radius 1 is 1.11 bits per heavy atom. The van der Waals surface area contributed by atoms with Gasteiger partial charge >= 0.3 is 6.18 Å². The molecule has 0 aliphatic carbocycles. The molecule has 0 saturated heterocycles. The van der Waals surface area contributed by atoms with Crippen molar-refractivity contribution in [1.29, 1.82) is 0 Å². The fourth-order valence-corrected chi connectivity index (χ4v) is 1.51. The molecule has 0 spiro atoms. The van der Waals surface area contributed by atoms with E-state index in [0.29, 0.717) is 6.54 Å². The lowest BCUT2D eigenvalue weighted by atomic mass is 10.1. The molecule has 1 aromatic rings. The Hall–Kier alpha value is -1.29.